The average Bonchev–Trinajstić information content (AvgIpc) is 2.75. The molecular weight excluding hydrogens is 258 g/mol. The summed E-state index contributed by atoms with van der Waals surface area (Å²) in [5.41, 5.74) is 5.08. The highest BCUT2D eigenvalue weighted by molar-refractivity contribution is 7.14. The van der Waals surface area contributed by atoms with Crippen molar-refractivity contribution in [2.45, 2.75) is 6.92 Å². The van der Waals surface area contributed by atoms with Gasteiger partial charge in [-0.25, -0.2) is 9.78 Å². The van der Waals surface area contributed by atoms with Crippen molar-refractivity contribution >= 4 is 34.3 Å². The number of hydrogen-bond donors (Lipinski definition) is 2. The van der Waals surface area contributed by atoms with Crippen molar-refractivity contribution in [3.05, 3.63) is 23.2 Å². The van der Waals surface area contributed by atoms with Gasteiger partial charge in [0.2, 0.25) is 5.91 Å². The molecule has 8 heteroatoms. The van der Waals surface area contributed by atoms with E-state index in [0.29, 0.717) is 0 Å². The van der Waals surface area contributed by atoms with Crippen LogP contribution in [0, 0.1) is 0 Å². The molecule has 0 aliphatic heterocycles. The molecule has 0 saturated heterocycles. The van der Waals surface area contributed by atoms with Gasteiger partial charge >= 0.3 is 5.97 Å². The van der Waals surface area contributed by atoms with Crippen LogP contribution in [0.2, 0.25) is 0 Å². The fourth-order valence-corrected chi connectivity index (χ4v) is 1.63. The first kappa shape index (κ1) is 13.8. The maximum atomic E-state index is 11.3. The number of hydrogen-bond acceptors (Lipinski definition) is 6. The maximum absolute atomic E-state index is 11.3. The van der Waals surface area contributed by atoms with Crippen LogP contribution < -0.4 is 11.1 Å². The summed E-state index contributed by atoms with van der Waals surface area (Å²) >= 11 is 1.06. The number of primary amides is 1. The Morgan fingerprint density at radius 1 is 1.50 bits per heavy atom. The van der Waals surface area contributed by atoms with Gasteiger partial charge in [-0.1, -0.05) is 0 Å². The molecule has 1 heterocycles. The SMILES string of the molecule is CCOC(=O)/C=C/C(=O)Nc1nc(C(N)=O)cs1. The summed E-state index contributed by atoms with van der Waals surface area (Å²) in [6.07, 6.45) is 2.02. The van der Waals surface area contributed by atoms with E-state index in [-0.39, 0.29) is 17.4 Å². The number of carbonyl (C=O) groups is 3. The Labute approximate surface area is 107 Å². The van der Waals surface area contributed by atoms with Gasteiger partial charge in [0.05, 0.1) is 6.61 Å². The number of rotatable bonds is 5. The second kappa shape index (κ2) is 6.50. The Kier molecular flexibility index (Phi) is 5.00. The lowest BCUT2D eigenvalue weighted by molar-refractivity contribution is -0.137. The molecule has 1 rings (SSSR count). The van der Waals surface area contributed by atoms with Crippen LogP contribution in [0.1, 0.15) is 17.4 Å². The van der Waals surface area contributed by atoms with E-state index in [9.17, 15) is 14.4 Å². The van der Waals surface area contributed by atoms with E-state index >= 15 is 0 Å². The van der Waals surface area contributed by atoms with Gasteiger partial charge in [-0.2, -0.15) is 0 Å². The Morgan fingerprint density at radius 3 is 2.78 bits per heavy atom. The molecule has 0 aliphatic rings. The second-order valence-corrected chi connectivity index (χ2v) is 3.83. The highest BCUT2D eigenvalue weighted by Gasteiger charge is 2.08. The Bertz CT molecular complexity index is 495. The van der Waals surface area contributed by atoms with Gasteiger partial charge in [-0.05, 0) is 6.92 Å². The molecule has 2 amide bonds. The van der Waals surface area contributed by atoms with Crippen LogP contribution in [-0.2, 0) is 14.3 Å². The summed E-state index contributed by atoms with van der Waals surface area (Å²) in [6, 6.07) is 0. The van der Waals surface area contributed by atoms with E-state index in [1.807, 2.05) is 0 Å². The first-order chi connectivity index (χ1) is 8.52. The molecule has 0 saturated carbocycles. The predicted molar refractivity (Wildman–Crippen MR) is 65.0 cm³/mol. The van der Waals surface area contributed by atoms with Crippen LogP contribution in [-0.4, -0.2) is 29.4 Å². The van der Waals surface area contributed by atoms with E-state index < -0.39 is 17.8 Å². The standard InChI is InChI=1S/C10H11N3O4S/c1-2-17-8(15)4-3-7(14)13-10-12-6(5-18-10)9(11)16/h3-5H,2H2,1H3,(H2,11,16)(H,12,13,14)/b4-3+. The van der Waals surface area contributed by atoms with E-state index in [4.69, 9.17) is 5.73 Å². The van der Waals surface area contributed by atoms with Gasteiger partial charge in [-0.15, -0.1) is 11.3 Å². The number of anilines is 1. The number of thiazole rings is 1. The molecule has 0 aliphatic carbocycles. The molecule has 3 N–H and O–H groups in total. The third kappa shape index (κ3) is 4.34. The molecule has 7 nitrogen and oxygen atoms in total. The highest BCUT2D eigenvalue weighted by atomic mass is 32.1. The molecule has 1 aromatic heterocycles. The molecule has 0 bridgehead atoms. The average molecular weight is 269 g/mol. The van der Waals surface area contributed by atoms with Crippen molar-refractivity contribution in [2.24, 2.45) is 5.73 Å². The largest absolute Gasteiger partial charge is 0.463 e. The van der Waals surface area contributed by atoms with Gasteiger partial charge < -0.3 is 10.5 Å². The van der Waals surface area contributed by atoms with Crippen molar-refractivity contribution < 1.29 is 19.1 Å². The smallest absolute Gasteiger partial charge is 0.330 e. The number of aromatic nitrogens is 1. The third-order valence-electron chi connectivity index (χ3n) is 1.64. The van der Waals surface area contributed by atoms with Crippen LogP contribution in [0.4, 0.5) is 5.13 Å². The third-order valence-corrected chi connectivity index (χ3v) is 2.40. The zero-order chi connectivity index (χ0) is 13.5. The van der Waals surface area contributed by atoms with Crippen molar-refractivity contribution in [1.82, 2.24) is 4.98 Å². The van der Waals surface area contributed by atoms with Crippen LogP contribution in [0.15, 0.2) is 17.5 Å². The van der Waals surface area contributed by atoms with Gasteiger partial charge in [0.25, 0.3) is 5.91 Å². The summed E-state index contributed by atoms with van der Waals surface area (Å²) in [4.78, 5) is 36.8. The zero-order valence-corrected chi connectivity index (χ0v) is 10.3. The summed E-state index contributed by atoms with van der Waals surface area (Å²) in [7, 11) is 0. The molecule has 0 aromatic carbocycles. The number of amides is 2. The lowest BCUT2D eigenvalue weighted by atomic mass is 10.4. The normalized spacial score (nSPS) is 10.3. The van der Waals surface area contributed by atoms with Gasteiger partial charge in [0.15, 0.2) is 5.13 Å². The fourth-order valence-electron chi connectivity index (χ4n) is 0.925. The Morgan fingerprint density at radius 2 is 2.22 bits per heavy atom. The number of ether oxygens (including phenoxy) is 1. The molecule has 0 unspecified atom stereocenters. The Hall–Kier alpha value is -2.22. The molecule has 0 radical (unpaired) electrons. The van der Waals surface area contributed by atoms with Crippen molar-refractivity contribution in [1.29, 1.82) is 0 Å². The monoisotopic (exact) mass is 269 g/mol. The van der Waals surface area contributed by atoms with E-state index in [2.05, 4.69) is 15.0 Å². The number of esters is 1. The summed E-state index contributed by atoms with van der Waals surface area (Å²) in [5.74, 6) is -1.83. The minimum Gasteiger partial charge on any atom is -0.463 e. The number of carbonyl (C=O) groups excluding carboxylic acids is 3. The van der Waals surface area contributed by atoms with Gasteiger partial charge in [0.1, 0.15) is 5.69 Å². The first-order valence-electron chi connectivity index (χ1n) is 4.94. The zero-order valence-electron chi connectivity index (χ0n) is 9.50. The van der Waals surface area contributed by atoms with Crippen LogP contribution in [0.3, 0.4) is 0 Å². The molecule has 18 heavy (non-hydrogen) atoms. The predicted octanol–water partition coefficient (Wildman–Crippen LogP) is 0.300. The van der Waals surface area contributed by atoms with Crippen molar-refractivity contribution in [3.63, 3.8) is 0 Å². The van der Waals surface area contributed by atoms with Crippen LogP contribution in [0.25, 0.3) is 0 Å². The number of nitrogens with one attached hydrogen (secondary N) is 1. The lowest BCUT2D eigenvalue weighted by Gasteiger charge is -1.96. The van der Waals surface area contributed by atoms with Crippen LogP contribution >= 0.6 is 11.3 Å². The fraction of sp³-hybridized carbons (Fsp3) is 0.200. The van der Waals surface area contributed by atoms with Gasteiger partial charge in [0, 0.05) is 17.5 Å². The summed E-state index contributed by atoms with van der Waals surface area (Å²) < 4.78 is 4.60. The van der Waals surface area contributed by atoms with Crippen LogP contribution in [0.5, 0.6) is 0 Å². The Balaban J connectivity index is 2.54. The minimum absolute atomic E-state index is 0.0738. The topological polar surface area (TPSA) is 111 Å². The van der Waals surface area contributed by atoms with E-state index in [0.717, 1.165) is 23.5 Å². The maximum Gasteiger partial charge on any atom is 0.330 e. The van der Waals surface area contributed by atoms with Crippen molar-refractivity contribution in [2.75, 3.05) is 11.9 Å². The molecule has 0 spiro atoms. The van der Waals surface area contributed by atoms with Gasteiger partial charge in [-0.3, -0.25) is 14.9 Å². The molecule has 1 aromatic rings. The summed E-state index contributed by atoms with van der Waals surface area (Å²) in [6.45, 7) is 1.89. The van der Waals surface area contributed by atoms with E-state index in [1.54, 1.807) is 6.92 Å². The summed E-state index contributed by atoms with van der Waals surface area (Å²) in [5, 5.41) is 4.03. The van der Waals surface area contributed by atoms with Crippen molar-refractivity contribution in [3.8, 4) is 0 Å². The lowest BCUT2D eigenvalue weighted by Crippen LogP contribution is -2.12. The highest BCUT2D eigenvalue weighted by Crippen LogP contribution is 2.14. The minimum atomic E-state index is -0.672. The second-order valence-electron chi connectivity index (χ2n) is 2.98. The van der Waals surface area contributed by atoms with E-state index in [1.165, 1.54) is 5.38 Å². The number of nitrogens with two attached hydrogens (primary N) is 1. The molecular formula is C10H11N3O4S. The first-order valence-corrected chi connectivity index (χ1v) is 5.82. The molecule has 0 atom stereocenters. The molecule has 96 valence electrons. The molecule has 0 fully saturated rings. The quantitative estimate of drug-likeness (QED) is 0.590. The number of nitrogens with zero attached hydrogens (tertiary/aromatic N) is 1.